The molecule has 0 aliphatic rings. The zero-order valence-electron chi connectivity index (χ0n) is 23.3. The van der Waals surface area contributed by atoms with Crippen molar-refractivity contribution in [3.8, 4) is 11.5 Å². The number of benzene rings is 2. The normalized spacial score (nSPS) is 13.6. The molecule has 0 heterocycles. The number of rotatable bonds is 11. The summed E-state index contributed by atoms with van der Waals surface area (Å²) in [5.41, 5.74) is 1.80. The van der Waals surface area contributed by atoms with Gasteiger partial charge in [-0.15, -0.1) is 0 Å². The molecular formula is C22H33NNa2O10P2. The van der Waals surface area contributed by atoms with E-state index in [2.05, 4.69) is 5.32 Å². The summed E-state index contributed by atoms with van der Waals surface area (Å²) in [6, 6.07) is 11.5. The molecule has 198 valence electrons. The van der Waals surface area contributed by atoms with Crippen molar-refractivity contribution in [3.63, 3.8) is 0 Å². The fourth-order valence-electron chi connectivity index (χ4n) is 4.07. The Morgan fingerprint density at radius 1 is 0.892 bits per heavy atom. The Hall–Kier alpha value is -0.230. The molecule has 0 radical (unpaired) electrons. The van der Waals surface area contributed by atoms with Crippen LogP contribution in [-0.4, -0.2) is 45.9 Å². The molecular weight excluding hydrogens is 546 g/mol. The number of carbonyl (C=O) groups excluding carboxylic acids is 1. The van der Waals surface area contributed by atoms with Crippen LogP contribution >= 0.6 is 15.2 Å². The zero-order chi connectivity index (χ0) is 26.6. The topological polar surface area (TPSA) is 205 Å². The van der Waals surface area contributed by atoms with E-state index in [4.69, 9.17) is 0 Å². The maximum atomic E-state index is 12.4. The van der Waals surface area contributed by atoms with Crippen LogP contribution < -0.4 is 64.4 Å². The van der Waals surface area contributed by atoms with E-state index >= 15 is 0 Å². The van der Waals surface area contributed by atoms with E-state index in [1.54, 1.807) is 24.3 Å². The van der Waals surface area contributed by atoms with Gasteiger partial charge in [0.05, 0.1) is 5.69 Å². The van der Waals surface area contributed by atoms with Gasteiger partial charge >= 0.3 is 74.3 Å². The number of carbonyl (C=O) groups is 1. The standard InChI is InChI=1S/C22H31NO10P2.2Na.2H/c1-3-17(14-5-8-16(24)9-6-14)18(4-2)15-7-10-20(25)19(13-15)23-21(26)11-12-22(27,34(28,29)30)35(31,32)33;;;;/h5-10,13,17-18,24-25,27H,3-4,11-12H2,1-2H3,(H,23,26)(H2,28,29,30)(H2,31,32,33);;;;/q;2*+1;2*-1. The zero-order valence-corrected chi connectivity index (χ0v) is 27.1. The first-order valence-corrected chi connectivity index (χ1v) is 14.1. The van der Waals surface area contributed by atoms with Gasteiger partial charge in [-0.05, 0) is 60.1 Å². The second-order valence-electron chi connectivity index (χ2n) is 8.31. The van der Waals surface area contributed by atoms with Gasteiger partial charge in [-0.1, -0.05) is 32.0 Å². The summed E-state index contributed by atoms with van der Waals surface area (Å²) in [7, 11) is -11.4. The first-order valence-electron chi connectivity index (χ1n) is 10.9. The largest absolute Gasteiger partial charge is 1.00 e. The van der Waals surface area contributed by atoms with Crippen LogP contribution in [-0.2, 0) is 13.9 Å². The number of nitrogens with one attached hydrogen (secondary N) is 1. The monoisotopic (exact) mass is 579 g/mol. The molecule has 0 spiro atoms. The van der Waals surface area contributed by atoms with Crippen LogP contribution in [0.5, 0.6) is 11.5 Å². The molecule has 8 N–H and O–H groups in total. The molecule has 2 aromatic carbocycles. The molecule has 2 rings (SSSR count). The molecule has 2 aromatic rings. The Bertz CT molecular complexity index is 1130. The summed E-state index contributed by atoms with van der Waals surface area (Å²) in [5.74, 6) is -1.01. The number of anilines is 1. The summed E-state index contributed by atoms with van der Waals surface area (Å²) in [6.45, 7) is 4.01. The Morgan fingerprint density at radius 3 is 1.81 bits per heavy atom. The van der Waals surface area contributed by atoms with Crippen molar-refractivity contribution < 1.29 is 111 Å². The molecule has 0 fully saturated rings. The van der Waals surface area contributed by atoms with Gasteiger partial charge in [-0.25, -0.2) is 0 Å². The van der Waals surface area contributed by atoms with Crippen LogP contribution in [0.15, 0.2) is 42.5 Å². The SMILES string of the molecule is CCC(c1ccc(O)cc1)C(CC)c1ccc(O)c(NC(=O)CCC(O)(P(=O)(O)O)P(=O)(O)O)c1.[H-].[H-].[Na+].[Na+]. The number of phenolic OH excluding ortho intramolecular Hbond substituents is 2. The smallest absolute Gasteiger partial charge is 1.00 e. The van der Waals surface area contributed by atoms with Crippen molar-refractivity contribution in [2.45, 2.75) is 56.4 Å². The first kappa shape index (κ1) is 36.8. The maximum Gasteiger partial charge on any atom is 1.00 e. The average Bonchev–Trinajstić information content (AvgIpc) is 2.76. The maximum absolute atomic E-state index is 12.4. The molecule has 0 aliphatic carbocycles. The van der Waals surface area contributed by atoms with E-state index in [-0.39, 0.29) is 91.0 Å². The van der Waals surface area contributed by atoms with E-state index in [1.165, 1.54) is 6.07 Å². The summed E-state index contributed by atoms with van der Waals surface area (Å²) in [5, 5.41) is 28.4. The minimum atomic E-state index is -5.68. The van der Waals surface area contributed by atoms with Crippen LogP contribution in [0, 0.1) is 0 Å². The molecule has 0 bridgehead atoms. The van der Waals surface area contributed by atoms with Crippen molar-refractivity contribution in [2.24, 2.45) is 0 Å². The third-order valence-electron chi connectivity index (χ3n) is 6.03. The molecule has 15 heteroatoms. The van der Waals surface area contributed by atoms with Crippen molar-refractivity contribution in [2.75, 3.05) is 5.32 Å². The van der Waals surface area contributed by atoms with Gasteiger partial charge in [0.1, 0.15) is 11.5 Å². The fraction of sp³-hybridized carbons (Fsp3) is 0.409. The number of phenols is 2. The third kappa shape index (κ3) is 9.15. The molecule has 37 heavy (non-hydrogen) atoms. The average molecular weight is 579 g/mol. The van der Waals surface area contributed by atoms with Crippen LogP contribution in [0.3, 0.4) is 0 Å². The Morgan fingerprint density at radius 2 is 1.35 bits per heavy atom. The van der Waals surface area contributed by atoms with E-state index < -0.39 is 39.0 Å². The number of hydrogen-bond donors (Lipinski definition) is 8. The van der Waals surface area contributed by atoms with Gasteiger partial charge in [-0.3, -0.25) is 13.9 Å². The van der Waals surface area contributed by atoms with E-state index in [9.17, 15) is 48.8 Å². The molecule has 2 unspecified atom stereocenters. The molecule has 11 nitrogen and oxygen atoms in total. The molecule has 0 aromatic heterocycles. The summed E-state index contributed by atoms with van der Waals surface area (Å²) >= 11 is 0. The Kier molecular flexibility index (Phi) is 14.9. The van der Waals surface area contributed by atoms with Gasteiger partial charge in [0.25, 0.3) is 5.08 Å². The Balaban J connectivity index is -0.00000324. The van der Waals surface area contributed by atoms with Crippen molar-refractivity contribution in [1.29, 1.82) is 0 Å². The molecule has 0 saturated carbocycles. The molecule has 0 aliphatic heterocycles. The van der Waals surface area contributed by atoms with Gasteiger partial charge in [0.15, 0.2) is 0 Å². The number of amides is 1. The van der Waals surface area contributed by atoms with Crippen molar-refractivity contribution in [1.82, 2.24) is 0 Å². The van der Waals surface area contributed by atoms with Crippen LogP contribution in [0.4, 0.5) is 5.69 Å². The molecule has 2 atom stereocenters. The Labute approximate surface area is 262 Å². The minimum absolute atomic E-state index is 0. The summed E-state index contributed by atoms with van der Waals surface area (Å²) in [6.07, 6.45) is -0.548. The van der Waals surface area contributed by atoms with Gasteiger partial charge in [0.2, 0.25) is 5.91 Å². The van der Waals surface area contributed by atoms with Crippen LogP contribution in [0.25, 0.3) is 0 Å². The van der Waals surface area contributed by atoms with Gasteiger partial charge in [0, 0.05) is 12.8 Å². The second-order valence-corrected chi connectivity index (χ2v) is 12.3. The minimum Gasteiger partial charge on any atom is -1.00 e. The quantitative estimate of drug-likeness (QED) is 0.0815. The van der Waals surface area contributed by atoms with Crippen LogP contribution in [0.2, 0.25) is 0 Å². The first-order chi connectivity index (χ1) is 16.1. The molecule has 1 amide bonds. The fourth-order valence-corrected chi connectivity index (χ4v) is 6.23. The predicted octanol–water partition coefficient (Wildman–Crippen LogP) is -2.26. The van der Waals surface area contributed by atoms with E-state index in [1.807, 2.05) is 26.0 Å². The predicted molar refractivity (Wildman–Crippen MR) is 131 cm³/mol. The summed E-state index contributed by atoms with van der Waals surface area (Å²) < 4.78 is 22.9. The van der Waals surface area contributed by atoms with Gasteiger partial charge in [-0.2, -0.15) is 0 Å². The summed E-state index contributed by atoms with van der Waals surface area (Å²) in [4.78, 5) is 49.2. The van der Waals surface area contributed by atoms with E-state index in [0.717, 1.165) is 24.0 Å². The molecule has 0 saturated heterocycles. The number of hydrogen-bond acceptors (Lipinski definition) is 6. The van der Waals surface area contributed by atoms with Crippen LogP contribution in [0.1, 0.15) is 65.3 Å². The van der Waals surface area contributed by atoms with Gasteiger partial charge < -0.3 is 43.1 Å². The van der Waals surface area contributed by atoms with Crippen molar-refractivity contribution >= 4 is 26.8 Å². The number of aliphatic hydroxyl groups is 1. The third-order valence-corrected chi connectivity index (χ3v) is 9.91. The van der Waals surface area contributed by atoms with E-state index in [0.29, 0.717) is 0 Å². The van der Waals surface area contributed by atoms with Crippen molar-refractivity contribution in [3.05, 3.63) is 53.6 Å². The number of aromatic hydroxyl groups is 2. The second kappa shape index (κ2) is 15.0.